The topological polar surface area (TPSA) is 107 Å². The highest BCUT2D eigenvalue weighted by Gasteiger charge is 2.81. The number of hydrogen-bond acceptors (Lipinski definition) is 9. The fraction of sp³-hybridized carbons (Fsp3) is 0.694. The van der Waals surface area contributed by atoms with Crippen LogP contribution in [0.25, 0.3) is 0 Å². The second kappa shape index (κ2) is 8.85. The minimum Gasteiger partial charge on any atom is -0.459 e. The van der Waals surface area contributed by atoms with E-state index in [-0.39, 0.29) is 47.8 Å². The van der Waals surface area contributed by atoms with Gasteiger partial charge in [-0.1, -0.05) is 50.3 Å². The number of esters is 2. The lowest BCUT2D eigenvalue weighted by atomic mass is 9.60. The van der Waals surface area contributed by atoms with Crippen LogP contribution in [0.5, 0.6) is 0 Å². The summed E-state index contributed by atoms with van der Waals surface area (Å²) in [6, 6.07) is 10.0. The highest BCUT2D eigenvalue weighted by Crippen LogP contribution is 2.73. The van der Waals surface area contributed by atoms with Crippen molar-refractivity contribution in [2.45, 2.75) is 115 Å². The third-order valence-electron chi connectivity index (χ3n) is 13.3. The Morgan fingerprint density at radius 1 is 0.933 bits per heavy atom. The van der Waals surface area contributed by atoms with E-state index in [1.54, 1.807) is 0 Å². The Bertz CT molecular complexity index is 1540. The van der Waals surface area contributed by atoms with Gasteiger partial charge in [-0.25, -0.2) is 0 Å². The Morgan fingerprint density at radius 3 is 2.49 bits per heavy atom. The summed E-state index contributed by atoms with van der Waals surface area (Å²) in [7, 11) is 0. The van der Waals surface area contributed by atoms with Gasteiger partial charge in [-0.3, -0.25) is 14.4 Å². The van der Waals surface area contributed by atoms with Crippen LogP contribution in [0.3, 0.4) is 0 Å². The molecule has 1 saturated carbocycles. The third-order valence-corrected chi connectivity index (χ3v) is 13.3. The molecule has 0 radical (unpaired) electrons. The van der Waals surface area contributed by atoms with Crippen LogP contribution in [-0.2, 0) is 49.4 Å². The van der Waals surface area contributed by atoms with Crippen molar-refractivity contribution in [2.24, 2.45) is 40.4 Å². The average Bonchev–Trinajstić information content (AvgIpc) is 3.59. The normalized spacial score (nSPS) is 51.6. The zero-order valence-electron chi connectivity index (χ0n) is 26.6. The lowest BCUT2D eigenvalue weighted by Gasteiger charge is -2.52. The Morgan fingerprint density at radius 2 is 1.71 bits per heavy atom. The van der Waals surface area contributed by atoms with E-state index in [2.05, 4.69) is 26.8 Å². The van der Waals surface area contributed by atoms with E-state index in [4.69, 9.17) is 28.4 Å². The molecule has 1 aromatic rings. The summed E-state index contributed by atoms with van der Waals surface area (Å²) in [4.78, 5) is 40.4. The number of ketones is 1. The molecule has 2 aliphatic carbocycles. The maximum absolute atomic E-state index is 14.4. The number of carbonyl (C=O) groups excluding carboxylic acids is 3. The number of Topliss-reactive ketones (excluding diaryl/α,β-unsaturated/α-hetero) is 1. The number of carbonyl (C=O) groups is 3. The molecule has 9 nitrogen and oxygen atoms in total. The van der Waals surface area contributed by atoms with Crippen molar-refractivity contribution < 1.29 is 42.8 Å². The first kappa shape index (κ1) is 28.6. The van der Waals surface area contributed by atoms with Gasteiger partial charge in [-0.15, -0.1) is 0 Å². The molecule has 9 heteroatoms. The zero-order valence-corrected chi connectivity index (χ0v) is 26.6. The Balaban J connectivity index is 1.24. The van der Waals surface area contributed by atoms with Crippen molar-refractivity contribution in [3.05, 3.63) is 47.5 Å². The highest BCUT2D eigenvalue weighted by molar-refractivity contribution is 5.90. The van der Waals surface area contributed by atoms with Gasteiger partial charge in [-0.05, 0) is 57.6 Å². The standard InChI is InChI=1S/C36H42O9/c1-18-24-26-25(19(2)30(39)42-26)43-36-27(24)33(5,28(18)38)13-14-35(45-36)17-34-15-23(37)41-31(34)44-32(3,4)22(34)12-11-21(35)29(36)40-16-20-9-7-6-8-10-20/h6-11,18-19,22,24-27,29,31H,12-17H2,1-5H3/t18-,19-,22-,24+,25+,26+,27-,29-,31?,33-,34-,35-,36-/m0/s1. The predicted octanol–water partition coefficient (Wildman–Crippen LogP) is 4.65. The van der Waals surface area contributed by atoms with Gasteiger partial charge in [0.1, 0.15) is 24.1 Å². The molecule has 8 aliphatic rings. The summed E-state index contributed by atoms with van der Waals surface area (Å²) in [5.41, 5.74) is -0.694. The van der Waals surface area contributed by atoms with Crippen molar-refractivity contribution in [1.82, 2.24) is 0 Å². The number of rotatable bonds is 3. The van der Waals surface area contributed by atoms with Crippen molar-refractivity contribution in [2.75, 3.05) is 0 Å². The van der Waals surface area contributed by atoms with Gasteiger partial charge in [0.05, 0.1) is 35.6 Å². The van der Waals surface area contributed by atoms with Crippen LogP contribution in [0.1, 0.15) is 72.3 Å². The van der Waals surface area contributed by atoms with Crippen molar-refractivity contribution >= 4 is 17.7 Å². The van der Waals surface area contributed by atoms with E-state index in [0.29, 0.717) is 32.3 Å². The van der Waals surface area contributed by atoms with E-state index in [1.165, 1.54) is 0 Å². The molecular weight excluding hydrogens is 576 g/mol. The van der Waals surface area contributed by atoms with Crippen molar-refractivity contribution in [1.29, 1.82) is 0 Å². The Labute approximate surface area is 263 Å². The first-order valence-electron chi connectivity index (χ1n) is 16.7. The molecule has 3 spiro atoms. The summed E-state index contributed by atoms with van der Waals surface area (Å²) in [5, 5.41) is 0. The first-order chi connectivity index (χ1) is 21.4. The molecule has 6 heterocycles. The number of allylic oxidation sites excluding steroid dienone is 1. The SMILES string of the molecule is C[C@@H]1C(=O)O[C@H]2[C@@H]1O[C@]13O[C@@]4(CC[C@]5(C)C(=O)[C@@H](C)[C@H]2[C@H]15)C[C@]12CC(=O)OC1OC(C)(C)[C@@H]2CC=C4[C@@H]3OCc1ccccc1. The van der Waals surface area contributed by atoms with Crippen LogP contribution < -0.4 is 0 Å². The molecule has 6 saturated heterocycles. The quantitative estimate of drug-likeness (QED) is 0.353. The summed E-state index contributed by atoms with van der Waals surface area (Å²) in [6.45, 7) is 10.4. The predicted molar refractivity (Wildman–Crippen MR) is 157 cm³/mol. The zero-order chi connectivity index (χ0) is 31.3. The Kier molecular flexibility index (Phi) is 5.63. The number of ether oxygens (including phenoxy) is 6. The van der Waals surface area contributed by atoms with Crippen LogP contribution in [-0.4, -0.2) is 59.3 Å². The van der Waals surface area contributed by atoms with Crippen LogP contribution in [0.15, 0.2) is 42.0 Å². The van der Waals surface area contributed by atoms with Gasteiger partial charge in [0.2, 0.25) is 12.1 Å². The van der Waals surface area contributed by atoms with Gasteiger partial charge >= 0.3 is 11.9 Å². The fourth-order valence-corrected chi connectivity index (χ4v) is 11.5. The third kappa shape index (κ3) is 3.41. The summed E-state index contributed by atoms with van der Waals surface area (Å²) >= 11 is 0. The van der Waals surface area contributed by atoms with Crippen LogP contribution in [0.2, 0.25) is 0 Å². The Hall–Kier alpha value is -2.59. The molecule has 1 aromatic carbocycles. The van der Waals surface area contributed by atoms with E-state index < -0.39 is 58.3 Å². The van der Waals surface area contributed by atoms with Gasteiger partial charge in [-0.2, -0.15) is 0 Å². The molecule has 13 atom stereocenters. The van der Waals surface area contributed by atoms with E-state index in [0.717, 1.165) is 11.1 Å². The summed E-state index contributed by atoms with van der Waals surface area (Å²) in [5.74, 6) is -3.16. The van der Waals surface area contributed by atoms with Crippen molar-refractivity contribution in [3.63, 3.8) is 0 Å². The number of benzene rings is 1. The molecule has 2 bridgehead atoms. The lowest BCUT2D eigenvalue weighted by molar-refractivity contribution is -0.368. The molecule has 0 N–H and O–H groups in total. The molecule has 0 aromatic heterocycles. The largest absolute Gasteiger partial charge is 0.459 e. The second-order valence-corrected chi connectivity index (χ2v) is 16.0. The smallest absolute Gasteiger partial charge is 0.311 e. The average molecular weight is 619 g/mol. The molecule has 6 aliphatic heterocycles. The van der Waals surface area contributed by atoms with Crippen molar-refractivity contribution in [3.8, 4) is 0 Å². The minimum absolute atomic E-state index is 0.0218. The molecular formula is C36H42O9. The molecule has 0 amide bonds. The molecule has 9 rings (SSSR count). The van der Waals surface area contributed by atoms with Gasteiger partial charge in [0, 0.05) is 29.1 Å². The summed E-state index contributed by atoms with van der Waals surface area (Å²) in [6.07, 6.45) is 2.50. The minimum atomic E-state index is -1.32. The van der Waals surface area contributed by atoms with Crippen LogP contribution in [0, 0.1) is 40.4 Å². The second-order valence-electron chi connectivity index (χ2n) is 16.0. The maximum atomic E-state index is 14.4. The van der Waals surface area contributed by atoms with Gasteiger partial charge in [0.25, 0.3) is 0 Å². The van der Waals surface area contributed by atoms with Gasteiger partial charge in [0.15, 0.2) is 0 Å². The monoisotopic (exact) mass is 618 g/mol. The van der Waals surface area contributed by atoms with E-state index in [1.807, 2.05) is 44.2 Å². The van der Waals surface area contributed by atoms with Gasteiger partial charge < -0.3 is 28.4 Å². The maximum Gasteiger partial charge on any atom is 0.311 e. The van der Waals surface area contributed by atoms with Crippen LogP contribution in [0.4, 0.5) is 0 Å². The number of hydrogen-bond donors (Lipinski definition) is 0. The van der Waals surface area contributed by atoms with E-state index in [9.17, 15) is 14.4 Å². The lowest BCUT2D eigenvalue weighted by Crippen LogP contribution is -2.64. The highest BCUT2D eigenvalue weighted by atomic mass is 16.8. The number of fused-ring (bicyclic) bond motifs is 2. The molecule has 1 unspecified atom stereocenters. The van der Waals surface area contributed by atoms with E-state index >= 15 is 0 Å². The first-order valence-corrected chi connectivity index (χ1v) is 16.7. The van der Waals surface area contributed by atoms with Crippen LogP contribution >= 0.6 is 0 Å². The summed E-state index contributed by atoms with van der Waals surface area (Å²) < 4.78 is 40.1. The fourth-order valence-electron chi connectivity index (χ4n) is 11.5. The molecule has 7 fully saturated rings. The molecule has 45 heavy (non-hydrogen) atoms. The molecule has 240 valence electrons.